The Balaban J connectivity index is 2.08. The molecule has 0 spiro atoms. The standard InChI is InChI=1S/C13H15N3O/c1-10(2)16-9-8-12(15-16)14-13(17)11-6-4-3-5-7-11/h3-10H,1-2H3,(H,14,15,17). The molecule has 0 saturated carbocycles. The van der Waals surface area contributed by atoms with Crippen LogP contribution in [-0.2, 0) is 0 Å². The van der Waals surface area contributed by atoms with Gasteiger partial charge < -0.3 is 5.32 Å². The van der Waals surface area contributed by atoms with Gasteiger partial charge in [-0.15, -0.1) is 0 Å². The van der Waals surface area contributed by atoms with Gasteiger partial charge in [0.15, 0.2) is 5.82 Å². The van der Waals surface area contributed by atoms with Crippen molar-refractivity contribution in [2.45, 2.75) is 19.9 Å². The number of amides is 1. The summed E-state index contributed by atoms with van der Waals surface area (Å²) >= 11 is 0. The van der Waals surface area contributed by atoms with Gasteiger partial charge in [0.2, 0.25) is 0 Å². The molecule has 4 nitrogen and oxygen atoms in total. The fraction of sp³-hybridized carbons (Fsp3) is 0.231. The lowest BCUT2D eigenvalue weighted by molar-refractivity contribution is 0.102. The van der Waals surface area contributed by atoms with Crippen LogP contribution in [0.1, 0.15) is 30.2 Å². The van der Waals surface area contributed by atoms with Crippen molar-refractivity contribution in [2.24, 2.45) is 0 Å². The number of nitrogens with zero attached hydrogens (tertiary/aromatic N) is 2. The number of hydrogen-bond donors (Lipinski definition) is 1. The van der Waals surface area contributed by atoms with Crippen molar-refractivity contribution >= 4 is 11.7 Å². The first-order valence-electron chi connectivity index (χ1n) is 5.58. The van der Waals surface area contributed by atoms with Crippen LogP contribution < -0.4 is 5.32 Å². The second kappa shape index (κ2) is 4.82. The summed E-state index contributed by atoms with van der Waals surface area (Å²) in [5.74, 6) is 0.437. The van der Waals surface area contributed by atoms with Crippen molar-refractivity contribution in [1.82, 2.24) is 9.78 Å². The molecule has 2 aromatic rings. The number of benzene rings is 1. The Labute approximate surface area is 100 Å². The molecule has 0 radical (unpaired) electrons. The van der Waals surface area contributed by atoms with E-state index < -0.39 is 0 Å². The monoisotopic (exact) mass is 229 g/mol. The van der Waals surface area contributed by atoms with Crippen LogP contribution in [0.3, 0.4) is 0 Å². The van der Waals surface area contributed by atoms with Crippen LogP contribution in [0.2, 0.25) is 0 Å². The average molecular weight is 229 g/mol. The molecular weight excluding hydrogens is 214 g/mol. The number of carbonyl (C=O) groups is 1. The minimum atomic E-state index is -0.139. The summed E-state index contributed by atoms with van der Waals surface area (Å²) in [7, 11) is 0. The zero-order valence-corrected chi connectivity index (χ0v) is 9.92. The van der Waals surface area contributed by atoms with E-state index >= 15 is 0 Å². The van der Waals surface area contributed by atoms with Gasteiger partial charge in [-0.3, -0.25) is 9.48 Å². The van der Waals surface area contributed by atoms with Crippen LogP contribution in [0, 0.1) is 0 Å². The topological polar surface area (TPSA) is 46.9 Å². The van der Waals surface area contributed by atoms with E-state index in [1.165, 1.54) is 0 Å². The number of nitrogens with one attached hydrogen (secondary N) is 1. The Morgan fingerprint density at radius 3 is 2.53 bits per heavy atom. The molecule has 0 bridgehead atoms. The largest absolute Gasteiger partial charge is 0.305 e. The van der Waals surface area contributed by atoms with Crippen LogP contribution in [0.25, 0.3) is 0 Å². The van der Waals surface area contributed by atoms with Gasteiger partial charge in [0.25, 0.3) is 5.91 Å². The molecule has 2 rings (SSSR count). The second-order valence-corrected chi connectivity index (χ2v) is 4.09. The zero-order chi connectivity index (χ0) is 12.3. The van der Waals surface area contributed by atoms with E-state index in [0.29, 0.717) is 11.4 Å². The smallest absolute Gasteiger partial charge is 0.256 e. The first-order valence-corrected chi connectivity index (χ1v) is 5.58. The van der Waals surface area contributed by atoms with Crippen LogP contribution in [-0.4, -0.2) is 15.7 Å². The minimum absolute atomic E-state index is 0.139. The van der Waals surface area contributed by atoms with Crippen molar-refractivity contribution in [2.75, 3.05) is 5.32 Å². The Bertz CT molecular complexity index is 502. The normalized spacial score (nSPS) is 10.5. The number of carbonyl (C=O) groups excluding carboxylic acids is 1. The van der Waals surface area contributed by atoms with Crippen molar-refractivity contribution < 1.29 is 4.79 Å². The highest BCUT2D eigenvalue weighted by Crippen LogP contribution is 2.09. The lowest BCUT2D eigenvalue weighted by Crippen LogP contribution is -2.12. The molecule has 0 unspecified atom stereocenters. The molecule has 1 amide bonds. The zero-order valence-electron chi connectivity index (χ0n) is 9.92. The molecule has 88 valence electrons. The van der Waals surface area contributed by atoms with E-state index in [0.717, 1.165) is 0 Å². The second-order valence-electron chi connectivity index (χ2n) is 4.09. The highest BCUT2D eigenvalue weighted by Gasteiger charge is 2.07. The third kappa shape index (κ3) is 2.72. The predicted molar refractivity (Wildman–Crippen MR) is 67.0 cm³/mol. The van der Waals surface area contributed by atoms with Gasteiger partial charge in [0.1, 0.15) is 0 Å². The molecule has 4 heteroatoms. The molecule has 0 saturated heterocycles. The fourth-order valence-electron chi connectivity index (χ4n) is 1.47. The van der Waals surface area contributed by atoms with E-state index in [1.807, 2.05) is 38.2 Å². The number of rotatable bonds is 3. The Hall–Kier alpha value is -2.10. The summed E-state index contributed by atoms with van der Waals surface area (Å²) in [6.07, 6.45) is 1.85. The number of aromatic nitrogens is 2. The lowest BCUT2D eigenvalue weighted by Gasteiger charge is -2.04. The maximum atomic E-state index is 11.8. The van der Waals surface area contributed by atoms with Crippen LogP contribution in [0.5, 0.6) is 0 Å². The molecule has 0 aliphatic carbocycles. The van der Waals surface area contributed by atoms with Crippen molar-refractivity contribution in [1.29, 1.82) is 0 Å². The van der Waals surface area contributed by atoms with Crippen molar-refractivity contribution in [3.8, 4) is 0 Å². The van der Waals surface area contributed by atoms with Crippen LogP contribution >= 0.6 is 0 Å². The van der Waals surface area contributed by atoms with E-state index in [1.54, 1.807) is 22.9 Å². The minimum Gasteiger partial charge on any atom is -0.305 e. The Morgan fingerprint density at radius 1 is 1.24 bits per heavy atom. The van der Waals surface area contributed by atoms with Gasteiger partial charge in [-0.1, -0.05) is 18.2 Å². The summed E-state index contributed by atoms with van der Waals surface area (Å²) in [6.45, 7) is 4.07. The van der Waals surface area contributed by atoms with E-state index in [-0.39, 0.29) is 11.9 Å². The third-order valence-corrected chi connectivity index (χ3v) is 2.42. The molecule has 1 N–H and O–H groups in total. The molecule has 1 aromatic carbocycles. The van der Waals surface area contributed by atoms with Crippen LogP contribution in [0.4, 0.5) is 5.82 Å². The molecule has 17 heavy (non-hydrogen) atoms. The number of hydrogen-bond acceptors (Lipinski definition) is 2. The van der Waals surface area contributed by atoms with Gasteiger partial charge >= 0.3 is 0 Å². The van der Waals surface area contributed by atoms with Gasteiger partial charge in [-0.2, -0.15) is 5.10 Å². The number of anilines is 1. The predicted octanol–water partition coefficient (Wildman–Crippen LogP) is 2.72. The molecule has 1 aromatic heterocycles. The SMILES string of the molecule is CC(C)n1ccc(NC(=O)c2ccccc2)n1. The van der Waals surface area contributed by atoms with E-state index in [9.17, 15) is 4.79 Å². The van der Waals surface area contributed by atoms with Gasteiger partial charge in [0.05, 0.1) is 0 Å². The summed E-state index contributed by atoms with van der Waals surface area (Å²) in [4.78, 5) is 11.8. The van der Waals surface area contributed by atoms with Gasteiger partial charge in [-0.25, -0.2) is 0 Å². The lowest BCUT2D eigenvalue weighted by atomic mass is 10.2. The van der Waals surface area contributed by atoms with Crippen LogP contribution in [0.15, 0.2) is 42.6 Å². The molecule has 0 aliphatic heterocycles. The third-order valence-electron chi connectivity index (χ3n) is 2.42. The Kier molecular flexibility index (Phi) is 3.23. The van der Waals surface area contributed by atoms with E-state index in [2.05, 4.69) is 10.4 Å². The summed E-state index contributed by atoms with van der Waals surface area (Å²) in [6, 6.07) is 11.2. The first-order chi connectivity index (χ1) is 8.16. The van der Waals surface area contributed by atoms with Crippen molar-refractivity contribution in [3.63, 3.8) is 0 Å². The molecule has 0 aliphatic rings. The highest BCUT2D eigenvalue weighted by atomic mass is 16.1. The van der Waals surface area contributed by atoms with Crippen molar-refractivity contribution in [3.05, 3.63) is 48.2 Å². The summed E-state index contributed by atoms with van der Waals surface area (Å²) in [5, 5.41) is 7.02. The first kappa shape index (κ1) is 11.4. The maximum absolute atomic E-state index is 11.8. The summed E-state index contributed by atoms with van der Waals surface area (Å²) in [5.41, 5.74) is 0.631. The maximum Gasteiger partial charge on any atom is 0.256 e. The summed E-state index contributed by atoms with van der Waals surface area (Å²) < 4.78 is 1.81. The molecular formula is C13H15N3O. The molecule has 0 atom stereocenters. The van der Waals surface area contributed by atoms with E-state index in [4.69, 9.17) is 0 Å². The Morgan fingerprint density at radius 2 is 1.94 bits per heavy atom. The van der Waals surface area contributed by atoms with Gasteiger partial charge in [-0.05, 0) is 26.0 Å². The fourth-order valence-corrected chi connectivity index (χ4v) is 1.47. The van der Waals surface area contributed by atoms with Gasteiger partial charge in [0, 0.05) is 23.9 Å². The quantitative estimate of drug-likeness (QED) is 0.879. The highest BCUT2D eigenvalue weighted by molar-refractivity contribution is 6.03. The molecule has 0 fully saturated rings. The molecule has 1 heterocycles. The average Bonchev–Trinajstić information content (AvgIpc) is 2.79.